The summed E-state index contributed by atoms with van der Waals surface area (Å²) < 4.78 is 42.8. The first kappa shape index (κ1) is 46.0. The minimum absolute atomic E-state index is 0.0104. The van der Waals surface area contributed by atoms with Gasteiger partial charge in [-0.1, -0.05) is 31.2 Å². The van der Waals surface area contributed by atoms with Gasteiger partial charge in [0.25, 0.3) is 0 Å². The molecule has 0 saturated carbocycles. The van der Waals surface area contributed by atoms with E-state index in [9.17, 15) is 27.6 Å². The number of ether oxygens (including phenoxy) is 3. The van der Waals surface area contributed by atoms with Crippen molar-refractivity contribution >= 4 is 62.0 Å². The first-order valence-electron chi connectivity index (χ1n) is 19.3. The van der Waals surface area contributed by atoms with Crippen LogP contribution in [-0.2, 0) is 35.4 Å². The van der Waals surface area contributed by atoms with Gasteiger partial charge in [0.1, 0.15) is 11.2 Å². The number of likely N-dealkylation sites (N-methyl/N-ethyl adjacent to an activating group) is 1. The number of nitrogens with one attached hydrogen (secondary N) is 2. The van der Waals surface area contributed by atoms with Gasteiger partial charge in [-0.3, -0.25) is 10.1 Å². The number of nitrogens with zero attached hydrogens (tertiary/aromatic N) is 3. The third-order valence-electron chi connectivity index (χ3n) is 8.97. The number of anilines is 3. The molecule has 0 bridgehead atoms. The molecule has 59 heavy (non-hydrogen) atoms. The zero-order chi connectivity index (χ0) is 44.1. The van der Waals surface area contributed by atoms with Crippen LogP contribution in [0.25, 0.3) is 10.8 Å². The summed E-state index contributed by atoms with van der Waals surface area (Å²) in [5, 5.41) is 6.85. The van der Waals surface area contributed by atoms with Crippen LogP contribution in [0, 0.1) is 6.92 Å². The summed E-state index contributed by atoms with van der Waals surface area (Å²) in [5.74, 6) is -0.396. The summed E-state index contributed by atoms with van der Waals surface area (Å²) in [6.45, 7) is 18.7. The Morgan fingerprint density at radius 1 is 0.814 bits per heavy atom. The van der Waals surface area contributed by atoms with Crippen molar-refractivity contribution in [3.63, 3.8) is 0 Å². The van der Waals surface area contributed by atoms with Crippen molar-refractivity contribution in [2.75, 3.05) is 35.7 Å². The molecule has 0 spiro atoms. The van der Waals surface area contributed by atoms with Crippen LogP contribution < -0.4 is 15.5 Å². The van der Waals surface area contributed by atoms with Crippen LogP contribution in [0.15, 0.2) is 77.8 Å². The van der Waals surface area contributed by atoms with Crippen LogP contribution in [0.5, 0.6) is 0 Å². The van der Waals surface area contributed by atoms with Gasteiger partial charge in [0.15, 0.2) is 15.7 Å². The number of benzene rings is 3. The van der Waals surface area contributed by atoms with Crippen LogP contribution >= 0.6 is 0 Å². The molecule has 4 aromatic rings. The molecule has 15 heteroatoms. The Labute approximate surface area is 347 Å². The number of fused-ring (bicyclic) bond motifs is 1. The highest BCUT2D eigenvalue weighted by Gasteiger charge is 2.35. The number of carbonyl (C=O) groups excluding carboxylic acids is 4. The van der Waals surface area contributed by atoms with Crippen molar-refractivity contribution in [2.45, 2.75) is 109 Å². The first-order chi connectivity index (χ1) is 27.3. The van der Waals surface area contributed by atoms with E-state index in [1.54, 1.807) is 93.6 Å². The highest BCUT2D eigenvalue weighted by Crippen LogP contribution is 2.32. The van der Waals surface area contributed by atoms with E-state index in [2.05, 4.69) is 15.6 Å². The molecule has 0 aliphatic carbocycles. The summed E-state index contributed by atoms with van der Waals surface area (Å²) in [5.41, 5.74) is 1.51. The third-order valence-corrected chi connectivity index (χ3v) is 11.6. The fourth-order valence-corrected chi connectivity index (χ4v) is 7.30. The van der Waals surface area contributed by atoms with Gasteiger partial charge < -0.3 is 24.4 Å². The minimum atomic E-state index is -3.86. The van der Waals surface area contributed by atoms with Crippen molar-refractivity contribution in [2.24, 2.45) is 0 Å². The van der Waals surface area contributed by atoms with E-state index in [-0.39, 0.29) is 42.2 Å². The van der Waals surface area contributed by atoms with Gasteiger partial charge in [-0.2, -0.15) is 4.90 Å². The third kappa shape index (κ3) is 12.2. The second kappa shape index (κ2) is 18.1. The molecule has 0 aliphatic rings. The number of pyridine rings is 1. The number of aryl methyl sites for hydroxylation is 1. The van der Waals surface area contributed by atoms with E-state index in [0.717, 1.165) is 16.0 Å². The molecule has 1 atom stereocenters. The number of sulfone groups is 1. The predicted octanol–water partition coefficient (Wildman–Crippen LogP) is 9.21. The first-order valence-corrected chi connectivity index (χ1v) is 20.8. The summed E-state index contributed by atoms with van der Waals surface area (Å²) in [6, 6.07) is 19.1. The van der Waals surface area contributed by atoms with Crippen LogP contribution in [-0.4, -0.2) is 78.6 Å². The summed E-state index contributed by atoms with van der Waals surface area (Å²) >= 11 is 0. The highest BCUT2D eigenvalue weighted by atomic mass is 32.2. The molecule has 4 amide bonds. The normalized spacial score (nSPS) is 12.6. The van der Waals surface area contributed by atoms with Crippen LogP contribution in [0.1, 0.15) is 91.8 Å². The second-order valence-corrected chi connectivity index (χ2v) is 20.1. The van der Waals surface area contributed by atoms with Gasteiger partial charge in [0.05, 0.1) is 22.8 Å². The molecule has 1 unspecified atom stereocenters. The van der Waals surface area contributed by atoms with Gasteiger partial charge in [-0.05, 0) is 134 Å². The molecule has 14 nitrogen and oxygen atoms in total. The van der Waals surface area contributed by atoms with Crippen molar-refractivity contribution in [1.29, 1.82) is 0 Å². The van der Waals surface area contributed by atoms with Crippen LogP contribution in [0.2, 0.25) is 0 Å². The maximum absolute atomic E-state index is 13.7. The SMILES string of the molecule is Cc1ccccc1C(C)COC(=O)Nc1ccc(S(=O)(=O)C(C)(C)C)c(CN(C)C(=O)CNc2ccc3c(N(C(=O)OC(C)(C)C)C(=O)OC(C)(C)C)nccc3c2)c1. The molecule has 0 fully saturated rings. The Balaban J connectivity index is 1.52. The number of amides is 4. The van der Waals surface area contributed by atoms with Crippen molar-refractivity contribution in [3.8, 4) is 0 Å². The minimum Gasteiger partial charge on any atom is -0.449 e. The van der Waals surface area contributed by atoms with Crippen molar-refractivity contribution in [3.05, 3.63) is 89.6 Å². The molecule has 3 aromatic carbocycles. The van der Waals surface area contributed by atoms with Crippen LogP contribution in [0.3, 0.4) is 0 Å². The number of hydrogen-bond acceptors (Lipinski definition) is 11. The van der Waals surface area contributed by atoms with Gasteiger partial charge in [-0.25, -0.2) is 27.8 Å². The average molecular weight is 832 g/mol. The smallest absolute Gasteiger partial charge is 0.425 e. The standard InChI is InChI=1S/C44H57N5O9S/c1-28-15-13-14-16-34(28)29(2)27-56-39(51)47-33-18-20-36(59(54,55)44(9,10)11)31(24-33)26-48(12)37(50)25-46-32-17-19-35-30(23-32)21-22-45-38(35)49(40(52)57-42(3,4)5)41(53)58-43(6,7)8/h13-24,29,46H,25-27H2,1-12H3,(H,47,51). The fourth-order valence-electron chi connectivity index (χ4n) is 5.93. The molecule has 0 radical (unpaired) electrons. The summed E-state index contributed by atoms with van der Waals surface area (Å²) in [4.78, 5) is 59.5. The maximum atomic E-state index is 13.7. The van der Waals surface area contributed by atoms with Crippen molar-refractivity contribution in [1.82, 2.24) is 9.88 Å². The Morgan fingerprint density at radius 2 is 1.42 bits per heavy atom. The maximum Gasteiger partial charge on any atom is 0.425 e. The average Bonchev–Trinajstić information content (AvgIpc) is 3.11. The molecule has 0 saturated heterocycles. The lowest BCUT2D eigenvalue weighted by atomic mass is 9.97. The lowest BCUT2D eigenvalue weighted by molar-refractivity contribution is -0.128. The van der Waals surface area contributed by atoms with E-state index < -0.39 is 44.1 Å². The van der Waals surface area contributed by atoms with Gasteiger partial charge in [0, 0.05) is 42.5 Å². The number of carbonyl (C=O) groups is 4. The van der Waals surface area contributed by atoms with E-state index >= 15 is 0 Å². The van der Waals surface area contributed by atoms with E-state index in [1.165, 1.54) is 29.3 Å². The van der Waals surface area contributed by atoms with Gasteiger partial charge >= 0.3 is 18.3 Å². The lowest BCUT2D eigenvalue weighted by Gasteiger charge is -2.28. The monoisotopic (exact) mass is 831 g/mol. The van der Waals surface area contributed by atoms with Gasteiger partial charge in [0.2, 0.25) is 5.91 Å². The lowest BCUT2D eigenvalue weighted by Crippen LogP contribution is -2.44. The number of rotatable bonds is 11. The zero-order valence-corrected chi connectivity index (χ0v) is 36.9. The van der Waals surface area contributed by atoms with Gasteiger partial charge in [-0.15, -0.1) is 0 Å². The molecular weight excluding hydrogens is 775 g/mol. The molecule has 4 rings (SSSR count). The molecule has 1 aromatic heterocycles. The fraction of sp³-hybridized carbons (Fsp3) is 0.432. The molecule has 0 aliphatic heterocycles. The number of hydrogen-bond donors (Lipinski definition) is 2. The Morgan fingerprint density at radius 3 is 2.02 bits per heavy atom. The molecule has 2 N–H and O–H groups in total. The van der Waals surface area contributed by atoms with E-state index in [0.29, 0.717) is 27.7 Å². The highest BCUT2D eigenvalue weighted by molar-refractivity contribution is 7.92. The summed E-state index contributed by atoms with van der Waals surface area (Å²) in [7, 11) is -2.30. The van der Waals surface area contributed by atoms with Crippen molar-refractivity contribution < 1.29 is 41.8 Å². The second-order valence-electron chi connectivity index (χ2n) is 17.4. The number of imide groups is 1. The largest absolute Gasteiger partial charge is 0.449 e. The quantitative estimate of drug-likeness (QED) is 0.138. The van der Waals surface area contributed by atoms with E-state index in [1.807, 2.05) is 38.1 Å². The zero-order valence-electron chi connectivity index (χ0n) is 36.1. The molecular formula is C44H57N5O9S. The van der Waals surface area contributed by atoms with Crippen LogP contribution in [0.4, 0.5) is 31.6 Å². The molecule has 318 valence electrons. The van der Waals surface area contributed by atoms with E-state index in [4.69, 9.17) is 14.2 Å². The predicted molar refractivity (Wildman–Crippen MR) is 230 cm³/mol. The number of aromatic nitrogens is 1. The Bertz CT molecular complexity index is 2280. The topological polar surface area (TPSA) is 174 Å². The Kier molecular flexibility index (Phi) is 14.1. The Hall–Kier alpha value is -5.70. The summed E-state index contributed by atoms with van der Waals surface area (Å²) in [6.07, 6.45) is -1.16. The molecule has 1 heterocycles.